The third kappa shape index (κ3) is 6.61. The van der Waals surface area contributed by atoms with E-state index in [0.29, 0.717) is 19.8 Å². The summed E-state index contributed by atoms with van der Waals surface area (Å²) < 4.78 is 34.7. The highest BCUT2D eigenvalue weighted by atomic mass is 32.2. The Hall–Kier alpha value is -0.210. The standard InChI is InChI=1S/C14H31N3O3S/c1-4-9-15-11-14-8-6-7-10-17(14)21(18,19)16-13(3)12-20-5-2/h13-16H,4-12H2,1-3H3. The van der Waals surface area contributed by atoms with E-state index in [0.717, 1.165) is 38.8 Å². The van der Waals surface area contributed by atoms with Gasteiger partial charge in [0.05, 0.1) is 6.61 Å². The van der Waals surface area contributed by atoms with E-state index in [9.17, 15) is 8.42 Å². The fourth-order valence-electron chi connectivity index (χ4n) is 2.59. The number of rotatable bonds is 10. The zero-order chi connectivity index (χ0) is 15.7. The zero-order valence-corrected chi connectivity index (χ0v) is 14.4. The molecule has 1 heterocycles. The summed E-state index contributed by atoms with van der Waals surface area (Å²) in [6, 6.07) is -0.150. The Morgan fingerprint density at radius 3 is 2.76 bits per heavy atom. The first-order valence-electron chi connectivity index (χ1n) is 8.08. The smallest absolute Gasteiger partial charge is 0.280 e. The van der Waals surface area contributed by atoms with Gasteiger partial charge in [0, 0.05) is 31.8 Å². The van der Waals surface area contributed by atoms with Gasteiger partial charge in [-0.15, -0.1) is 0 Å². The quantitative estimate of drug-likeness (QED) is 0.591. The summed E-state index contributed by atoms with van der Waals surface area (Å²) in [5.74, 6) is 0. The minimum atomic E-state index is -3.44. The van der Waals surface area contributed by atoms with Gasteiger partial charge >= 0.3 is 0 Å². The summed E-state index contributed by atoms with van der Waals surface area (Å²) >= 11 is 0. The normalized spacial score (nSPS) is 22.3. The van der Waals surface area contributed by atoms with E-state index in [4.69, 9.17) is 4.74 Å². The van der Waals surface area contributed by atoms with Crippen molar-refractivity contribution in [3.8, 4) is 0 Å². The maximum atomic E-state index is 12.5. The van der Waals surface area contributed by atoms with Gasteiger partial charge in [0.15, 0.2) is 0 Å². The molecule has 2 unspecified atom stereocenters. The lowest BCUT2D eigenvalue weighted by molar-refractivity contribution is 0.132. The molecular weight excluding hydrogens is 290 g/mol. The van der Waals surface area contributed by atoms with Crippen molar-refractivity contribution < 1.29 is 13.2 Å². The van der Waals surface area contributed by atoms with Gasteiger partial charge in [0.1, 0.15) is 0 Å². The summed E-state index contributed by atoms with van der Waals surface area (Å²) in [5.41, 5.74) is 0. The topological polar surface area (TPSA) is 70.7 Å². The molecule has 21 heavy (non-hydrogen) atoms. The Bertz CT molecular complexity index is 376. The highest BCUT2D eigenvalue weighted by Gasteiger charge is 2.32. The van der Waals surface area contributed by atoms with Crippen LogP contribution in [0.25, 0.3) is 0 Å². The molecule has 7 heteroatoms. The molecule has 2 N–H and O–H groups in total. The first kappa shape index (κ1) is 18.8. The molecule has 1 fully saturated rings. The second-order valence-electron chi connectivity index (χ2n) is 5.65. The molecule has 0 bridgehead atoms. The summed E-state index contributed by atoms with van der Waals surface area (Å²) in [7, 11) is -3.44. The minimum absolute atomic E-state index is 0.0575. The average molecular weight is 321 g/mol. The van der Waals surface area contributed by atoms with Crippen molar-refractivity contribution in [2.75, 3.05) is 32.8 Å². The zero-order valence-electron chi connectivity index (χ0n) is 13.6. The maximum Gasteiger partial charge on any atom is 0.280 e. The second-order valence-corrected chi connectivity index (χ2v) is 7.30. The van der Waals surface area contributed by atoms with Crippen molar-refractivity contribution in [1.29, 1.82) is 0 Å². The summed E-state index contributed by atoms with van der Waals surface area (Å²) in [6.45, 7) is 9.12. The van der Waals surface area contributed by atoms with Crippen LogP contribution in [0.5, 0.6) is 0 Å². The van der Waals surface area contributed by atoms with Crippen molar-refractivity contribution in [3.63, 3.8) is 0 Å². The van der Waals surface area contributed by atoms with Crippen LogP contribution in [0.1, 0.15) is 46.5 Å². The molecule has 1 saturated heterocycles. The molecule has 0 aromatic carbocycles. The number of piperidine rings is 1. The van der Waals surface area contributed by atoms with Crippen LogP contribution in [0.4, 0.5) is 0 Å². The summed E-state index contributed by atoms with van der Waals surface area (Å²) in [5, 5.41) is 3.34. The monoisotopic (exact) mass is 321 g/mol. The van der Waals surface area contributed by atoms with Crippen LogP contribution in [0.15, 0.2) is 0 Å². The van der Waals surface area contributed by atoms with Gasteiger partial charge in [-0.05, 0) is 39.7 Å². The molecule has 0 aromatic rings. The number of nitrogens with one attached hydrogen (secondary N) is 2. The number of hydrogen-bond acceptors (Lipinski definition) is 4. The minimum Gasteiger partial charge on any atom is -0.380 e. The first-order chi connectivity index (χ1) is 10.0. The molecule has 126 valence electrons. The van der Waals surface area contributed by atoms with Crippen molar-refractivity contribution >= 4 is 10.2 Å². The van der Waals surface area contributed by atoms with E-state index in [-0.39, 0.29) is 12.1 Å². The molecule has 0 radical (unpaired) electrons. The van der Waals surface area contributed by atoms with Gasteiger partial charge in [-0.2, -0.15) is 17.4 Å². The highest BCUT2D eigenvalue weighted by molar-refractivity contribution is 7.87. The largest absolute Gasteiger partial charge is 0.380 e. The molecule has 0 aromatic heterocycles. The molecule has 1 aliphatic heterocycles. The lowest BCUT2D eigenvalue weighted by Crippen LogP contribution is -2.54. The van der Waals surface area contributed by atoms with Crippen LogP contribution in [0.2, 0.25) is 0 Å². The maximum absolute atomic E-state index is 12.5. The van der Waals surface area contributed by atoms with Gasteiger partial charge in [0.25, 0.3) is 10.2 Å². The third-order valence-corrected chi connectivity index (χ3v) is 5.41. The average Bonchev–Trinajstić information content (AvgIpc) is 2.45. The molecule has 0 saturated carbocycles. The SMILES string of the molecule is CCCNCC1CCCCN1S(=O)(=O)NC(C)COCC. The molecule has 0 amide bonds. The lowest BCUT2D eigenvalue weighted by atomic mass is 10.1. The molecule has 2 atom stereocenters. The van der Waals surface area contributed by atoms with Crippen LogP contribution >= 0.6 is 0 Å². The van der Waals surface area contributed by atoms with Gasteiger partial charge < -0.3 is 10.1 Å². The van der Waals surface area contributed by atoms with Crippen LogP contribution in [-0.2, 0) is 14.9 Å². The van der Waals surface area contributed by atoms with E-state index in [1.807, 2.05) is 13.8 Å². The highest BCUT2D eigenvalue weighted by Crippen LogP contribution is 2.19. The number of hydrogen-bond donors (Lipinski definition) is 2. The summed E-state index contributed by atoms with van der Waals surface area (Å²) in [6.07, 6.45) is 4.02. The van der Waals surface area contributed by atoms with E-state index in [1.165, 1.54) is 0 Å². The Labute approximate surface area is 129 Å². The van der Waals surface area contributed by atoms with Gasteiger partial charge in [-0.1, -0.05) is 13.3 Å². The van der Waals surface area contributed by atoms with Crippen molar-refractivity contribution in [2.45, 2.75) is 58.5 Å². The van der Waals surface area contributed by atoms with Crippen molar-refractivity contribution in [2.24, 2.45) is 0 Å². The fraction of sp³-hybridized carbons (Fsp3) is 1.00. The molecule has 6 nitrogen and oxygen atoms in total. The molecule has 1 aliphatic rings. The fourth-order valence-corrected chi connectivity index (χ4v) is 4.24. The van der Waals surface area contributed by atoms with E-state index in [2.05, 4.69) is 17.0 Å². The van der Waals surface area contributed by atoms with E-state index < -0.39 is 10.2 Å². The second kappa shape index (κ2) is 9.74. The lowest BCUT2D eigenvalue weighted by Gasteiger charge is -2.35. The van der Waals surface area contributed by atoms with Crippen molar-refractivity contribution in [1.82, 2.24) is 14.3 Å². The van der Waals surface area contributed by atoms with Crippen LogP contribution in [0.3, 0.4) is 0 Å². The van der Waals surface area contributed by atoms with Gasteiger partial charge in [0.2, 0.25) is 0 Å². The van der Waals surface area contributed by atoms with Gasteiger partial charge in [-0.25, -0.2) is 0 Å². The summed E-state index contributed by atoms with van der Waals surface area (Å²) in [4.78, 5) is 0. The number of nitrogens with zero attached hydrogens (tertiary/aromatic N) is 1. The Kier molecular flexibility index (Phi) is 8.73. The number of ether oxygens (including phenoxy) is 1. The molecular formula is C14H31N3O3S. The van der Waals surface area contributed by atoms with Crippen molar-refractivity contribution in [3.05, 3.63) is 0 Å². The Morgan fingerprint density at radius 2 is 2.10 bits per heavy atom. The van der Waals surface area contributed by atoms with Crippen LogP contribution in [0, 0.1) is 0 Å². The van der Waals surface area contributed by atoms with Crippen LogP contribution < -0.4 is 10.0 Å². The molecule has 0 aliphatic carbocycles. The predicted molar refractivity (Wildman–Crippen MR) is 85.5 cm³/mol. The third-order valence-electron chi connectivity index (χ3n) is 3.61. The van der Waals surface area contributed by atoms with E-state index in [1.54, 1.807) is 4.31 Å². The predicted octanol–water partition coefficient (Wildman–Crippen LogP) is 1.10. The Balaban J connectivity index is 2.59. The Morgan fingerprint density at radius 1 is 1.33 bits per heavy atom. The van der Waals surface area contributed by atoms with Gasteiger partial charge in [-0.3, -0.25) is 0 Å². The van der Waals surface area contributed by atoms with Crippen LogP contribution in [-0.4, -0.2) is 57.7 Å². The first-order valence-corrected chi connectivity index (χ1v) is 9.52. The van der Waals surface area contributed by atoms with E-state index >= 15 is 0 Å². The molecule has 0 spiro atoms. The molecule has 1 rings (SSSR count).